The molecule has 0 aliphatic carbocycles. The quantitative estimate of drug-likeness (QED) is 0.421. The van der Waals surface area contributed by atoms with Gasteiger partial charge < -0.3 is 24.5 Å². The van der Waals surface area contributed by atoms with Crippen molar-refractivity contribution in [2.45, 2.75) is 26.7 Å². The second-order valence-corrected chi connectivity index (χ2v) is 4.71. The molecule has 1 aliphatic heterocycles. The van der Waals surface area contributed by atoms with Crippen LogP contribution in [0.3, 0.4) is 0 Å². The molecule has 1 fully saturated rings. The molecule has 0 unspecified atom stereocenters. The summed E-state index contributed by atoms with van der Waals surface area (Å²) in [6, 6.07) is 0. The van der Waals surface area contributed by atoms with E-state index in [-0.39, 0.29) is 0 Å². The van der Waals surface area contributed by atoms with Crippen molar-refractivity contribution in [1.82, 2.24) is 0 Å². The molecule has 0 amide bonds. The first-order chi connectivity index (χ1) is 7.42. The van der Waals surface area contributed by atoms with E-state index in [4.69, 9.17) is 20.1 Å². The van der Waals surface area contributed by atoms with Gasteiger partial charge in [-0.25, -0.2) is 0 Å². The summed E-state index contributed by atoms with van der Waals surface area (Å²) in [4.78, 5) is 8.25. The molecule has 0 aromatic rings. The number of ether oxygens (including phenoxy) is 1. The number of methoxy groups -OCH3 is 1. The Hall–Kier alpha value is -0.880. The number of rotatable bonds is 4. The topological polar surface area (TPSA) is 75.4 Å². The highest BCUT2D eigenvalue weighted by Crippen LogP contribution is 2.21. The molecule has 1 rings (SSSR count). The lowest BCUT2D eigenvalue weighted by Crippen LogP contribution is -2.48. The van der Waals surface area contributed by atoms with Crippen LogP contribution in [0.2, 0.25) is 0 Å². The fourth-order valence-corrected chi connectivity index (χ4v) is 2.42. The fraction of sp³-hybridized carbons (Fsp3) is 1.00. The van der Waals surface area contributed by atoms with Crippen LogP contribution in [0.5, 0.6) is 0 Å². The molecule has 1 aliphatic rings. The molecule has 0 saturated carbocycles. The molecule has 1 heterocycles. The van der Waals surface area contributed by atoms with E-state index in [9.17, 15) is 0 Å². The van der Waals surface area contributed by atoms with Gasteiger partial charge in [-0.3, -0.25) is 0 Å². The van der Waals surface area contributed by atoms with Gasteiger partial charge in [0, 0.05) is 25.9 Å². The molecule has 1 saturated heterocycles. The summed E-state index contributed by atoms with van der Waals surface area (Å²) in [6.07, 6.45) is 2.77. The molecule has 16 heavy (non-hydrogen) atoms. The third kappa shape index (κ3) is 6.58. The number of hydrogen-bond donors (Lipinski definition) is 0. The van der Waals surface area contributed by atoms with Gasteiger partial charge in [-0.05, 0) is 0 Å². The zero-order valence-electron chi connectivity index (χ0n) is 10.3. The number of nitrogens with zero attached hydrogens (tertiary/aromatic N) is 2. The second-order valence-electron chi connectivity index (χ2n) is 4.71. The summed E-state index contributed by atoms with van der Waals surface area (Å²) < 4.78 is 6.50. The SMILES string of the molecule is COC[N+]1(CC(C)C)CCCC1.O=[N+]([O-])[O-]. The van der Waals surface area contributed by atoms with Crippen LogP contribution in [0.4, 0.5) is 0 Å². The minimum Gasteiger partial charge on any atom is -0.356 e. The second kappa shape index (κ2) is 7.40. The van der Waals surface area contributed by atoms with Crippen LogP contribution in [0.25, 0.3) is 0 Å². The smallest absolute Gasteiger partial charge is 0.182 e. The van der Waals surface area contributed by atoms with Gasteiger partial charge in [-0.15, -0.1) is 0 Å². The highest BCUT2D eigenvalue weighted by molar-refractivity contribution is 4.54. The summed E-state index contributed by atoms with van der Waals surface area (Å²) in [7, 11) is 1.82. The van der Waals surface area contributed by atoms with Crippen LogP contribution < -0.4 is 0 Å². The summed E-state index contributed by atoms with van der Waals surface area (Å²) in [5.41, 5.74) is 0. The van der Waals surface area contributed by atoms with Crippen molar-refractivity contribution in [3.05, 3.63) is 15.3 Å². The van der Waals surface area contributed by atoms with Crippen molar-refractivity contribution in [1.29, 1.82) is 0 Å². The molecule has 0 N–H and O–H groups in total. The first kappa shape index (κ1) is 15.1. The third-order valence-corrected chi connectivity index (χ3v) is 2.67. The van der Waals surface area contributed by atoms with Crippen molar-refractivity contribution in [3.8, 4) is 0 Å². The van der Waals surface area contributed by atoms with Gasteiger partial charge in [0.1, 0.15) is 0 Å². The van der Waals surface area contributed by atoms with Crippen molar-refractivity contribution in [3.63, 3.8) is 0 Å². The van der Waals surface area contributed by atoms with Gasteiger partial charge in [-0.1, -0.05) is 13.8 Å². The highest BCUT2D eigenvalue weighted by Gasteiger charge is 2.32. The van der Waals surface area contributed by atoms with Crippen molar-refractivity contribution in [2.75, 3.05) is 33.5 Å². The molecular weight excluding hydrogens is 212 g/mol. The Kier molecular flexibility index (Phi) is 7.00. The third-order valence-electron chi connectivity index (χ3n) is 2.67. The molecule has 0 radical (unpaired) electrons. The first-order valence-corrected chi connectivity index (χ1v) is 5.57. The Balaban J connectivity index is 0.000000487. The zero-order chi connectivity index (χ0) is 12.6. The number of quaternary nitrogens is 1. The van der Waals surface area contributed by atoms with E-state index in [0.29, 0.717) is 0 Å². The van der Waals surface area contributed by atoms with Gasteiger partial charge in [-0.2, -0.15) is 0 Å². The molecule has 0 atom stereocenters. The molecule has 0 aromatic carbocycles. The average molecular weight is 234 g/mol. The maximum Gasteiger partial charge on any atom is 0.182 e. The summed E-state index contributed by atoms with van der Waals surface area (Å²) in [5, 5.41) is 14.8. The number of hydrogen-bond acceptors (Lipinski definition) is 4. The molecular formula is C10H22N2O4. The molecule has 0 bridgehead atoms. The standard InChI is InChI=1S/C10H22NO.NO3/c1-10(2)8-11(9-12-3)6-4-5-7-11;2-1(3)4/h10H,4-9H2,1-3H3;/q+1;-1. The predicted molar refractivity (Wildman–Crippen MR) is 61.2 cm³/mol. The van der Waals surface area contributed by atoms with Crippen LogP contribution in [0.1, 0.15) is 26.7 Å². The largest absolute Gasteiger partial charge is 0.356 e. The Morgan fingerprint density at radius 3 is 2.06 bits per heavy atom. The van der Waals surface area contributed by atoms with Gasteiger partial charge in [0.2, 0.25) is 0 Å². The Bertz CT molecular complexity index is 199. The average Bonchev–Trinajstić information content (AvgIpc) is 2.51. The van der Waals surface area contributed by atoms with Crippen molar-refractivity contribution >= 4 is 0 Å². The van der Waals surface area contributed by atoms with E-state index in [1.165, 1.54) is 37.0 Å². The first-order valence-electron chi connectivity index (χ1n) is 5.57. The molecule has 0 aromatic heterocycles. The molecule has 96 valence electrons. The van der Waals surface area contributed by atoms with Crippen molar-refractivity contribution in [2.24, 2.45) is 5.92 Å². The Morgan fingerprint density at radius 2 is 1.75 bits per heavy atom. The van der Waals surface area contributed by atoms with E-state index < -0.39 is 5.09 Å². The van der Waals surface area contributed by atoms with Crippen LogP contribution in [0.15, 0.2) is 0 Å². The lowest BCUT2D eigenvalue weighted by atomic mass is 10.2. The van der Waals surface area contributed by atoms with Crippen LogP contribution in [-0.2, 0) is 4.74 Å². The van der Waals surface area contributed by atoms with Gasteiger partial charge in [0.15, 0.2) is 6.73 Å². The molecule has 6 nitrogen and oxygen atoms in total. The minimum absolute atomic E-state index is 0.790. The van der Waals surface area contributed by atoms with Gasteiger partial charge in [0.25, 0.3) is 0 Å². The lowest BCUT2D eigenvalue weighted by Gasteiger charge is -2.34. The summed E-state index contributed by atoms with van der Waals surface area (Å²) in [6.45, 7) is 9.45. The molecule has 0 spiro atoms. The Labute approximate surface area is 96.5 Å². The monoisotopic (exact) mass is 234 g/mol. The molecule has 6 heteroatoms. The summed E-state index contributed by atoms with van der Waals surface area (Å²) >= 11 is 0. The van der Waals surface area contributed by atoms with Crippen LogP contribution in [-0.4, -0.2) is 43.0 Å². The highest BCUT2D eigenvalue weighted by atomic mass is 16.9. The van der Waals surface area contributed by atoms with E-state index in [1.54, 1.807) is 0 Å². The fourth-order valence-electron chi connectivity index (χ4n) is 2.42. The van der Waals surface area contributed by atoms with Crippen LogP contribution >= 0.6 is 0 Å². The lowest BCUT2D eigenvalue weighted by molar-refractivity contribution is -0.937. The number of likely N-dealkylation sites (tertiary alicyclic amines) is 1. The van der Waals surface area contributed by atoms with Crippen LogP contribution in [0, 0.1) is 21.2 Å². The maximum atomic E-state index is 8.25. The minimum atomic E-state index is -1.75. The maximum absolute atomic E-state index is 8.25. The van der Waals surface area contributed by atoms with Crippen molar-refractivity contribution < 1.29 is 14.3 Å². The Morgan fingerprint density at radius 1 is 1.31 bits per heavy atom. The van der Waals surface area contributed by atoms with E-state index in [0.717, 1.165) is 12.6 Å². The predicted octanol–water partition coefficient (Wildman–Crippen LogP) is 1.62. The van der Waals surface area contributed by atoms with E-state index in [2.05, 4.69) is 13.8 Å². The van der Waals surface area contributed by atoms with E-state index in [1.807, 2.05) is 7.11 Å². The zero-order valence-corrected chi connectivity index (χ0v) is 10.3. The summed E-state index contributed by atoms with van der Waals surface area (Å²) in [5.74, 6) is 0.790. The van der Waals surface area contributed by atoms with Gasteiger partial charge >= 0.3 is 0 Å². The van der Waals surface area contributed by atoms with Gasteiger partial charge in [0.05, 0.1) is 24.7 Å². The van der Waals surface area contributed by atoms with E-state index >= 15 is 0 Å². The normalized spacial score (nSPS) is 18.0.